The summed E-state index contributed by atoms with van der Waals surface area (Å²) in [4.78, 5) is 17.6. The summed E-state index contributed by atoms with van der Waals surface area (Å²) in [5, 5.41) is 0. The van der Waals surface area contributed by atoms with Crippen molar-refractivity contribution in [1.82, 2.24) is 9.97 Å². The fourth-order valence-corrected chi connectivity index (χ4v) is 18.1. The van der Waals surface area contributed by atoms with Crippen LogP contribution in [0, 0.1) is 0 Å². The first-order chi connectivity index (χ1) is 58.5. The van der Waals surface area contributed by atoms with E-state index in [1.807, 2.05) is 0 Å². The predicted octanol–water partition coefficient (Wildman–Crippen LogP) is 29.8. The smallest absolute Gasteiger partial charge is 0.252 e. The lowest BCUT2D eigenvalue weighted by Gasteiger charge is -2.47. The van der Waals surface area contributed by atoms with Gasteiger partial charge in [-0.1, -0.05) is 399 Å². The second-order valence-electron chi connectivity index (χ2n) is 36.9. The molecule has 0 spiro atoms. The van der Waals surface area contributed by atoms with Crippen LogP contribution in [0.1, 0.15) is 105 Å². The molecule has 586 valence electrons. The van der Waals surface area contributed by atoms with Crippen LogP contribution >= 0.6 is 0 Å². The van der Waals surface area contributed by atoms with Crippen LogP contribution in [-0.2, 0) is 21.7 Å². The zero-order chi connectivity index (χ0) is 83.1. The van der Waals surface area contributed by atoms with Crippen molar-refractivity contribution < 1.29 is 0 Å². The summed E-state index contributed by atoms with van der Waals surface area (Å²) in [5.74, 6) is 0. The molecule has 15 aromatic carbocycles. The third-order valence-electron chi connectivity index (χ3n) is 24.6. The maximum atomic E-state index is 6.05. The van der Waals surface area contributed by atoms with E-state index in [0.29, 0.717) is 0 Å². The topological polar surface area (TPSA) is 32.3 Å². The Morgan fingerprint density at radius 2 is 0.446 bits per heavy atom. The first-order valence-electron chi connectivity index (χ1n) is 42.7. The standard InChI is InChI=1S/C116H99BN4/c1-113(2,3)90-63-86(64-91(73-90)114(4,5)6)84-59-61-100-106(71-84)120(109-94(78-43-25-15-26-44-78)67-88(76-39-21-13-22-40-76)68-95(109)79-45-27-16-28-46-79)111-98(104-57-37-55-102(118-104)82-51-33-19-34-52-82)75-99(105-58-38-56-103(119-105)83-53-35-20-36-54-83)112-108(111)117(100)101-62-60-85(87-65-92(115(7,8)9)74-93(66-87)116(10,11)12)72-107(101)121(112)110-96(80-47-29-17-30-48-80)69-89(77-41-23-14-24-42-77)70-97(110)81-49-31-18-32-50-81/h13-75H,1-12H3. The summed E-state index contributed by atoms with van der Waals surface area (Å²) in [6.07, 6.45) is 0. The average Bonchev–Trinajstić information content (AvgIpc) is 0.676. The lowest BCUT2D eigenvalue weighted by Crippen LogP contribution is -2.61. The minimum Gasteiger partial charge on any atom is -0.309 e. The van der Waals surface area contributed by atoms with Crippen LogP contribution in [0.4, 0.5) is 34.1 Å². The third-order valence-corrected chi connectivity index (χ3v) is 24.6. The van der Waals surface area contributed by atoms with E-state index in [0.717, 1.165) is 173 Å². The van der Waals surface area contributed by atoms with Gasteiger partial charge in [0.05, 0.1) is 45.5 Å². The summed E-state index contributed by atoms with van der Waals surface area (Å²) in [5.41, 5.74) is 39.2. The van der Waals surface area contributed by atoms with Gasteiger partial charge in [-0.2, -0.15) is 0 Å². The van der Waals surface area contributed by atoms with Crippen LogP contribution in [0.2, 0.25) is 0 Å². The Bertz CT molecular complexity index is 6160. The highest BCUT2D eigenvalue weighted by Crippen LogP contribution is 2.59. The molecule has 2 aliphatic rings. The molecular weight excluding hydrogens is 1460 g/mol. The largest absolute Gasteiger partial charge is 0.309 e. The third kappa shape index (κ3) is 14.7. The quantitative estimate of drug-likeness (QED) is 0.102. The van der Waals surface area contributed by atoms with Gasteiger partial charge in [0.25, 0.3) is 6.71 Å². The van der Waals surface area contributed by atoms with Gasteiger partial charge in [-0.15, -0.1) is 0 Å². The van der Waals surface area contributed by atoms with Gasteiger partial charge < -0.3 is 9.80 Å². The van der Waals surface area contributed by atoms with E-state index in [1.54, 1.807) is 0 Å². The molecule has 0 atom stereocenters. The summed E-state index contributed by atoms with van der Waals surface area (Å²) < 4.78 is 0. The van der Waals surface area contributed by atoms with Crippen molar-refractivity contribution in [2.24, 2.45) is 0 Å². The SMILES string of the molecule is CC(C)(C)c1cc(-c2ccc3c(c2)N(c2c(-c4ccccc4)cc(-c4ccccc4)cc2-c2ccccc2)c2c(-c4cccc(-c5ccccc5)n4)cc(-c4cccc(-c5ccccc5)n4)c4c2B3c2ccc(-c3cc(C(C)(C)C)cc(C(C)(C)C)c3)cc2N4c2c(-c3ccccc3)cc(-c3ccccc3)cc2-c2ccccc2)cc(C(C)(C)C)c1. The number of anilines is 6. The summed E-state index contributed by atoms with van der Waals surface area (Å²) in [7, 11) is 0. The molecule has 5 heteroatoms. The highest BCUT2D eigenvalue weighted by molar-refractivity contribution is 7.00. The number of fused-ring (bicyclic) bond motifs is 4. The van der Waals surface area contributed by atoms with Gasteiger partial charge in [-0.3, -0.25) is 0 Å². The molecule has 2 aliphatic heterocycles. The molecule has 0 unspecified atom stereocenters. The van der Waals surface area contributed by atoms with E-state index in [9.17, 15) is 0 Å². The van der Waals surface area contributed by atoms with Crippen LogP contribution in [0.5, 0.6) is 0 Å². The summed E-state index contributed by atoms with van der Waals surface area (Å²) in [6.45, 7) is 27.8. The molecular formula is C116H99BN4. The van der Waals surface area contributed by atoms with Gasteiger partial charge >= 0.3 is 0 Å². The maximum Gasteiger partial charge on any atom is 0.252 e. The van der Waals surface area contributed by atoms with E-state index >= 15 is 0 Å². The molecule has 4 nitrogen and oxygen atoms in total. The average molecular weight is 1560 g/mol. The second kappa shape index (κ2) is 30.9. The van der Waals surface area contributed by atoms with Crippen molar-refractivity contribution in [2.75, 3.05) is 9.80 Å². The maximum absolute atomic E-state index is 6.05. The molecule has 0 saturated heterocycles. The van der Waals surface area contributed by atoms with Crippen molar-refractivity contribution in [3.63, 3.8) is 0 Å². The zero-order valence-electron chi connectivity index (χ0n) is 71.2. The van der Waals surface area contributed by atoms with Crippen LogP contribution in [0.3, 0.4) is 0 Å². The Hall–Kier alpha value is -13.7. The van der Waals surface area contributed by atoms with E-state index < -0.39 is 6.71 Å². The Labute approximate surface area is 715 Å². The molecule has 0 amide bonds. The Morgan fingerprint density at radius 1 is 0.190 bits per heavy atom. The number of nitrogens with zero attached hydrogens (tertiary/aromatic N) is 4. The Kier molecular flexibility index (Phi) is 19.7. The number of pyridine rings is 2. The minimum absolute atomic E-state index is 0.161. The van der Waals surface area contributed by atoms with Crippen molar-refractivity contribution in [1.29, 1.82) is 0 Å². The van der Waals surface area contributed by atoms with E-state index in [1.165, 1.54) is 33.4 Å². The van der Waals surface area contributed by atoms with Crippen molar-refractivity contribution in [3.8, 4) is 134 Å². The van der Waals surface area contributed by atoms with E-state index in [-0.39, 0.29) is 21.7 Å². The fraction of sp³-hybridized carbons (Fsp3) is 0.138. The number of hydrogen-bond acceptors (Lipinski definition) is 4. The zero-order valence-corrected chi connectivity index (χ0v) is 71.2. The molecule has 19 rings (SSSR count). The van der Waals surface area contributed by atoms with E-state index in [4.69, 9.17) is 9.97 Å². The minimum atomic E-state index is -0.441. The van der Waals surface area contributed by atoms with Crippen molar-refractivity contribution in [2.45, 2.75) is 105 Å². The van der Waals surface area contributed by atoms with Gasteiger partial charge in [0.2, 0.25) is 0 Å². The van der Waals surface area contributed by atoms with Gasteiger partial charge in [-0.25, -0.2) is 9.97 Å². The molecule has 0 N–H and O–H groups in total. The summed E-state index contributed by atoms with van der Waals surface area (Å²) in [6, 6.07) is 143. The van der Waals surface area contributed by atoms with Gasteiger partial charge in [-0.05, 0) is 194 Å². The number of aromatic nitrogens is 2. The number of hydrogen-bond donors (Lipinski definition) is 0. The molecule has 0 radical (unpaired) electrons. The molecule has 0 bridgehead atoms. The number of benzene rings is 15. The lowest BCUT2D eigenvalue weighted by molar-refractivity contribution is 0.568. The Morgan fingerprint density at radius 3 is 0.727 bits per heavy atom. The Balaban J connectivity index is 1.07. The lowest BCUT2D eigenvalue weighted by atomic mass is 9.33. The summed E-state index contributed by atoms with van der Waals surface area (Å²) >= 11 is 0. The van der Waals surface area contributed by atoms with Crippen LogP contribution in [0.25, 0.3) is 134 Å². The van der Waals surface area contributed by atoms with E-state index in [2.05, 4.69) is 475 Å². The fourth-order valence-electron chi connectivity index (χ4n) is 18.1. The van der Waals surface area contributed by atoms with Crippen molar-refractivity contribution >= 4 is 57.2 Å². The second-order valence-corrected chi connectivity index (χ2v) is 36.9. The molecule has 4 heterocycles. The molecule has 0 fully saturated rings. The molecule has 0 aliphatic carbocycles. The van der Waals surface area contributed by atoms with Crippen molar-refractivity contribution in [3.05, 3.63) is 404 Å². The first-order valence-corrected chi connectivity index (χ1v) is 42.7. The molecule has 2 aromatic heterocycles. The van der Waals surface area contributed by atoms with Crippen LogP contribution < -0.4 is 26.2 Å². The normalized spacial score (nSPS) is 12.6. The predicted molar refractivity (Wildman–Crippen MR) is 516 cm³/mol. The van der Waals surface area contributed by atoms with Gasteiger partial charge in [0.1, 0.15) is 0 Å². The molecule has 17 aromatic rings. The van der Waals surface area contributed by atoms with Gasteiger partial charge in [0, 0.05) is 55.9 Å². The highest BCUT2D eigenvalue weighted by atomic mass is 15.2. The molecule has 121 heavy (non-hydrogen) atoms. The highest BCUT2D eigenvalue weighted by Gasteiger charge is 2.48. The molecule has 0 saturated carbocycles. The monoisotopic (exact) mass is 1560 g/mol. The van der Waals surface area contributed by atoms with Gasteiger partial charge in [0.15, 0.2) is 0 Å². The van der Waals surface area contributed by atoms with Crippen LogP contribution in [0.15, 0.2) is 382 Å². The van der Waals surface area contributed by atoms with Crippen LogP contribution in [-0.4, -0.2) is 16.7 Å². The first kappa shape index (κ1) is 77.2. The number of rotatable bonds is 14.